The van der Waals surface area contributed by atoms with Crippen molar-refractivity contribution in [3.05, 3.63) is 137 Å². The Kier molecular flexibility index (Phi) is 8.13. The van der Waals surface area contributed by atoms with E-state index in [1.165, 1.54) is 9.47 Å². The standard InChI is InChI=1S/C37H34N2O6/c1-37(2,3)45-35(41)32(27-19-21-29(22-20-27)43-24-25-13-7-4-8-14-25)38-23-30(34(38)40)39-31(26-15-9-5-10-16-26)33(44-36(39)42)28-17-11-6-12-18-28/h4-22,30,32H,23-24H2,1-3H3/t30-,32-/m0/s1. The van der Waals surface area contributed by atoms with Gasteiger partial charge in [-0.2, -0.15) is 0 Å². The number of esters is 1. The van der Waals surface area contributed by atoms with Gasteiger partial charge in [-0.05, 0) is 44.0 Å². The fourth-order valence-corrected chi connectivity index (χ4v) is 5.47. The molecule has 0 N–H and O–H groups in total. The molecule has 0 aliphatic carbocycles. The zero-order valence-corrected chi connectivity index (χ0v) is 25.4. The maximum atomic E-state index is 13.9. The Balaban J connectivity index is 1.31. The molecule has 2 heterocycles. The van der Waals surface area contributed by atoms with Gasteiger partial charge in [-0.25, -0.2) is 9.59 Å². The van der Waals surface area contributed by atoms with E-state index in [0.29, 0.717) is 29.4 Å². The topological polar surface area (TPSA) is 91.0 Å². The summed E-state index contributed by atoms with van der Waals surface area (Å²) < 4.78 is 18.9. The van der Waals surface area contributed by atoms with Gasteiger partial charge in [0.05, 0.1) is 12.2 Å². The van der Waals surface area contributed by atoms with Crippen LogP contribution in [-0.2, 0) is 20.9 Å². The molecule has 8 heteroatoms. The van der Waals surface area contributed by atoms with Crippen LogP contribution in [0.25, 0.3) is 22.6 Å². The number of carbonyl (C=O) groups excluding carboxylic acids is 2. The number of oxazole rings is 1. The molecule has 5 aromatic rings. The molecule has 0 spiro atoms. The summed E-state index contributed by atoms with van der Waals surface area (Å²) >= 11 is 0. The van der Waals surface area contributed by atoms with E-state index in [1.807, 2.05) is 91.0 Å². The number of carbonyl (C=O) groups is 2. The van der Waals surface area contributed by atoms with Crippen molar-refractivity contribution in [2.45, 2.75) is 45.1 Å². The van der Waals surface area contributed by atoms with Crippen LogP contribution in [0.4, 0.5) is 0 Å². The first-order chi connectivity index (χ1) is 21.7. The molecule has 1 aromatic heterocycles. The van der Waals surface area contributed by atoms with E-state index in [2.05, 4.69) is 0 Å². The van der Waals surface area contributed by atoms with Crippen molar-refractivity contribution in [3.63, 3.8) is 0 Å². The van der Waals surface area contributed by atoms with Gasteiger partial charge in [0, 0.05) is 11.1 Å². The molecule has 0 unspecified atom stereocenters. The van der Waals surface area contributed by atoms with Gasteiger partial charge >= 0.3 is 11.7 Å². The van der Waals surface area contributed by atoms with E-state index >= 15 is 0 Å². The van der Waals surface area contributed by atoms with Crippen molar-refractivity contribution in [3.8, 4) is 28.3 Å². The van der Waals surface area contributed by atoms with Gasteiger partial charge in [0.15, 0.2) is 11.8 Å². The van der Waals surface area contributed by atoms with Crippen LogP contribution in [0, 0.1) is 0 Å². The first-order valence-electron chi connectivity index (χ1n) is 14.9. The average molecular weight is 603 g/mol. The molecular formula is C37H34N2O6. The van der Waals surface area contributed by atoms with Gasteiger partial charge < -0.3 is 18.8 Å². The number of aromatic nitrogens is 1. The molecule has 1 aliphatic rings. The molecule has 0 saturated carbocycles. The minimum atomic E-state index is -1.01. The lowest BCUT2D eigenvalue weighted by Crippen LogP contribution is -2.58. The summed E-state index contributed by atoms with van der Waals surface area (Å²) in [5.41, 5.74) is 2.81. The molecule has 228 valence electrons. The largest absolute Gasteiger partial charge is 0.489 e. The highest BCUT2D eigenvalue weighted by Gasteiger charge is 2.48. The predicted molar refractivity (Wildman–Crippen MR) is 170 cm³/mol. The van der Waals surface area contributed by atoms with Gasteiger partial charge in [-0.1, -0.05) is 103 Å². The average Bonchev–Trinajstić information content (AvgIpc) is 3.38. The Morgan fingerprint density at radius 1 is 0.822 bits per heavy atom. The number of β-lactam (4-membered cyclic amide) rings is 1. The lowest BCUT2D eigenvalue weighted by Gasteiger charge is -2.43. The first kappa shape index (κ1) is 29.7. The van der Waals surface area contributed by atoms with Gasteiger partial charge in [0.2, 0.25) is 5.91 Å². The monoisotopic (exact) mass is 602 g/mol. The van der Waals surface area contributed by atoms with E-state index in [0.717, 1.165) is 16.7 Å². The van der Waals surface area contributed by atoms with Gasteiger partial charge in [0.25, 0.3) is 0 Å². The molecule has 1 fully saturated rings. The summed E-state index contributed by atoms with van der Waals surface area (Å²) in [7, 11) is 0. The van der Waals surface area contributed by atoms with Crippen molar-refractivity contribution in [1.29, 1.82) is 0 Å². The predicted octanol–water partition coefficient (Wildman–Crippen LogP) is 6.82. The summed E-state index contributed by atoms with van der Waals surface area (Å²) in [4.78, 5) is 42.4. The molecule has 45 heavy (non-hydrogen) atoms. The summed E-state index contributed by atoms with van der Waals surface area (Å²) in [6.45, 7) is 5.86. The zero-order chi connectivity index (χ0) is 31.6. The van der Waals surface area contributed by atoms with Crippen molar-refractivity contribution >= 4 is 11.9 Å². The van der Waals surface area contributed by atoms with Crippen LogP contribution in [-0.4, -0.2) is 33.5 Å². The number of ether oxygens (including phenoxy) is 2. The second-order valence-corrected chi connectivity index (χ2v) is 11.9. The smallest absolute Gasteiger partial charge is 0.420 e. The number of rotatable bonds is 9. The van der Waals surface area contributed by atoms with E-state index in [1.54, 1.807) is 45.0 Å². The van der Waals surface area contributed by atoms with Crippen molar-refractivity contribution < 1.29 is 23.5 Å². The molecule has 4 aromatic carbocycles. The minimum absolute atomic E-state index is 0.114. The molecule has 1 amide bonds. The van der Waals surface area contributed by atoms with E-state index < -0.39 is 29.4 Å². The Morgan fingerprint density at radius 3 is 1.98 bits per heavy atom. The molecular weight excluding hydrogens is 568 g/mol. The van der Waals surface area contributed by atoms with Crippen molar-refractivity contribution in [2.24, 2.45) is 0 Å². The van der Waals surface area contributed by atoms with E-state index in [4.69, 9.17) is 13.9 Å². The second kappa shape index (κ2) is 12.3. The molecule has 8 nitrogen and oxygen atoms in total. The van der Waals surface area contributed by atoms with Crippen molar-refractivity contribution in [2.75, 3.05) is 6.54 Å². The van der Waals surface area contributed by atoms with Crippen LogP contribution in [0.3, 0.4) is 0 Å². The Hall–Kier alpha value is -5.37. The molecule has 0 bridgehead atoms. The number of hydrogen-bond donors (Lipinski definition) is 0. The highest BCUT2D eigenvalue weighted by atomic mass is 16.6. The minimum Gasteiger partial charge on any atom is -0.489 e. The van der Waals surface area contributed by atoms with Crippen LogP contribution in [0.1, 0.15) is 44.0 Å². The number of nitrogens with zero attached hydrogens (tertiary/aromatic N) is 2. The van der Waals surface area contributed by atoms with Crippen molar-refractivity contribution in [1.82, 2.24) is 9.47 Å². The summed E-state index contributed by atoms with van der Waals surface area (Å²) in [5, 5.41) is 0. The maximum Gasteiger partial charge on any atom is 0.420 e. The first-order valence-corrected chi connectivity index (χ1v) is 14.9. The fraction of sp³-hybridized carbons (Fsp3) is 0.216. The fourth-order valence-electron chi connectivity index (χ4n) is 5.47. The van der Waals surface area contributed by atoms with Crippen LogP contribution in [0.2, 0.25) is 0 Å². The second-order valence-electron chi connectivity index (χ2n) is 11.9. The molecule has 1 aliphatic heterocycles. The van der Waals surface area contributed by atoms with Gasteiger partial charge in [-0.3, -0.25) is 9.36 Å². The Bertz CT molecular complexity index is 1840. The highest BCUT2D eigenvalue weighted by molar-refractivity contribution is 5.93. The Labute approximate surface area is 261 Å². The SMILES string of the molecule is CC(C)(C)OC(=O)[C@H](c1ccc(OCc2ccccc2)cc1)N1C[C@H](n2c(-c3ccccc3)c(-c3ccccc3)oc2=O)C1=O. The highest BCUT2D eigenvalue weighted by Crippen LogP contribution is 2.39. The van der Waals surface area contributed by atoms with E-state index in [9.17, 15) is 14.4 Å². The van der Waals surface area contributed by atoms with Crippen LogP contribution < -0.4 is 10.5 Å². The molecule has 2 atom stereocenters. The van der Waals surface area contributed by atoms with Gasteiger partial charge in [-0.15, -0.1) is 0 Å². The summed E-state index contributed by atoms with van der Waals surface area (Å²) in [6.07, 6.45) is 0. The number of amides is 1. The third-order valence-electron chi connectivity index (χ3n) is 7.56. The maximum absolute atomic E-state index is 13.9. The third kappa shape index (κ3) is 6.31. The third-order valence-corrected chi connectivity index (χ3v) is 7.56. The van der Waals surface area contributed by atoms with Crippen LogP contribution in [0.15, 0.2) is 124 Å². The molecule has 0 radical (unpaired) electrons. The zero-order valence-electron chi connectivity index (χ0n) is 25.4. The lowest BCUT2D eigenvalue weighted by molar-refractivity contribution is -0.172. The normalized spacial score (nSPS) is 15.3. The molecule has 1 saturated heterocycles. The van der Waals surface area contributed by atoms with E-state index in [-0.39, 0.29) is 12.5 Å². The Morgan fingerprint density at radius 2 is 1.40 bits per heavy atom. The van der Waals surface area contributed by atoms with Crippen LogP contribution >= 0.6 is 0 Å². The molecule has 6 rings (SSSR count). The van der Waals surface area contributed by atoms with Crippen LogP contribution in [0.5, 0.6) is 5.75 Å². The number of hydrogen-bond acceptors (Lipinski definition) is 6. The number of benzene rings is 4. The number of likely N-dealkylation sites (tertiary alicyclic amines) is 1. The van der Waals surface area contributed by atoms with Gasteiger partial charge in [0.1, 0.15) is 24.0 Å². The lowest BCUT2D eigenvalue weighted by atomic mass is 9.96. The summed E-state index contributed by atoms with van der Waals surface area (Å²) in [5.74, 6) is -0.563. The summed E-state index contributed by atoms with van der Waals surface area (Å²) in [6, 6.07) is 33.7. The quantitative estimate of drug-likeness (QED) is 0.136.